The van der Waals surface area contributed by atoms with E-state index < -0.39 is 0 Å². The molecule has 2 N–H and O–H groups in total. The molecule has 0 heterocycles. The average molecular weight is 187 g/mol. The second-order valence-corrected chi connectivity index (χ2v) is 3.61. The highest BCUT2D eigenvalue weighted by atomic mass is 16.1. The van der Waals surface area contributed by atoms with Crippen LogP contribution in [0.5, 0.6) is 0 Å². The maximum atomic E-state index is 11.2. The molecule has 2 nitrogen and oxygen atoms in total. The first-order valence-corrected chi connectivity index (χ1v) is 4.85. The van der Waals surface area contributed by atoms with Gasteiger partial charge < -0.3 is 5.73 Å². The number of hydrogen-bond acceptors (Lipinski definition) is 2. The Balaban J connectivity index is 2.30. The van der Waals surface area contributed by atoms with Gasteiger partial charge in [-0.05, 0) is 42.2 Å². The zero-order valence-corrected chi connectivity index (χ0v) is 7.99. The monoisotopic (exact) mass is 187 g/mol. The number of rotatable bonds is 1. The lowest BCUT2D eigenvalue weighted by molar-refractivity contribution is -0.114. The number of anilines is 1. The third kappa shape index (κ3) is 1.84. The lowest BCUT2D eigenvalue weighted by Crippen LogP contribution is -2.01. The van der Waals surface area contributed by atoms with Crippen LogP contribution in [0.2, 0.25) is 0 Å². The number of hydrogen-bond donors (Lipinski definition) is 1. The van der Waals surface area contributed by atoms with Gasteiger partial charge in [0.15, 0.2) is 5.78 Å². The summed E-state index contributed by atoms with van der Waals surface area (Å²) in [5.74, 6) is 0.239. The molecule has 1 aliphatic carbocycles. The lowest BCUT2D eigenvalue weighted by Gasteiger charge is -2.11. The van der Waals surface area contributed by atoms with Crippen LogP contribution in [0.1, 0.15) is 24.8 Å². The smallest absolute Gasteiger partial charge is 0.155 e. The summed E-state index contributed by atoms with van der Waals surface area (Å²) in [4.78, 5) is 11.2. The summed E-state index contributed by atoms with van der Waals surface area (Å²) in [6.45, 7) is 0. The van der Waals surface area contributed by atoms with Gasteiger partial charge in [0, 0.05) is 12.1 Å². The van der Waals surface area contributed by atoms with Crippen molar-refractivity contribution in [1.82, 2.24) is 0 Å². The second-order valence-electron chi connectivity index (χ2n) is 3.61. The lowest BCUT2D eigenvalue weighted by atomic mass is 9.93. The fourth-order valence-corrected chi connectivity index (χ4v) is 1.72. The van der Waals surface area contributed by atoms with Crippen LogP contribution in [-0.4, -0.2) is 5.78 Å². The van der Waals surface area contributed by atoms with E-state index in [0.717, 1.165) is 29.7 Å². The first-order chi connectivity index (χ1) is 6.75. The molecule has 2 heteroatoms. The molecule has 0 aliphatic heterocycles. The van der Waals surface area contributed by atoms with Crippen molar-refractivity contribution >= 4 is 17.0 Å². The number of ketones is 1. The maximum absolute atomic E-state index is 11.2. The number of allylic oxidation sites excluding steroid dienone is 2. The molecule has 0 saturated heterocycles. The van der Waals surface area contributed by atoms with E-state index in [1.165, 1.54) is 0 Å². The molecule has 0 spiro atoms. The number of carbonyl (C=O) groups is 1. The van der Waals surface area contributed by atoms with Crippen molar-refractivity contribution in [3.05, 3.63) is 35.9 Å². The summed E-state index contributed by atoms with van der Waals surface area (Å²) in [7, 11) is 0. The van der Waals surface area contributed by atoms with Gasteiger partial charge in [0.05, 0.1) is 0 Å². The summed E-state index contributed by atoms with van der Waals surface area (Å²) in [5.41, 5.74) is 8.62. The Morgan fingerprint density at radius 2 is 1.79 bits per heavy atom. The predicted molar refractivity (Wildman–Crippen MR) is 57.7 cm³/mol. The van der Waals surface area contributed by atoms with Gasteiger partial charge in [-0.15, -0.1) is 0 Å². The molecule has 0 radical (unpaired) electrons. The fraction of sp³-hybridized carbons (Fsp3) is 0.250. The Bertz CT molecular complexity index is 376. The van der Waals surface area contributed by atoms with Gasteiger partial charge in [0.1, 0.15) is 0 Å². The summed E-state index contributed by atoms with van der Waals surface area (Å²) in [6, 6.07) is 7.68. The van der Waals surface area contributed by atoms with Gasteiger partial charge in [0.2, 0.25) is 0 Å². The molecule has 2 rings (SSSR count). The zero-order chi connectivity index (χ0) is 9.97. The summed E-state index contributed by atoms with van der Waals surface area (Å²) in [5, 5.41) is 0. The summed E-state index contributed by atoms with van der Waals surface area (Å²) >= 11 is 0. The van der Waals surface area contributed by atoms with Crippen molar-refractivity contribution in [3.8, 4) is 0 Å². The standard InChI is InChI=1S/C12H13NO/c13-11-6-4-9(5-7-11)10-2-1-3-12(14)8-10/h4-8H,1-3,13H2. The largest absolute Gasteiger partial charge is 0.399 e. The SMILES string of the molecule is Nc1ccc(C2=CC(=O)CCC2)cc1. The van der Waals surface area contributed by atoms with Gasteiger partial charge in [-0.25, -0.2) is 0 Å². The third-order valence-corrected chi connectivity index (χ3v) is 2.49. The first kappa shape index (κ1) is 9.00. The van der Waals surface area contributed by atoms with Gasteiger partial charge in [-0.3, -0.25) is 4.79 Å². The van der Waals surface area contributed by atoms with E-state index in [9.17, 15) is 4.79 Å². The van der Waals surface area contributed by atoms with Crippen LogP contribution < -0.4 is 5.73 Å². The van der Waals surface area contributed by atoms with Crippen molar-refractivity contribution in [2.45, 2.75) is 19.3 Å². The van der Waals surface area contributed by atoms with Gasteiger partial charge in [-0.2, -0.15) is 0 Å². The summed E-state index contributed by atoms with van der Waals surface area (Å²) < 4.78 is 0. The minimum absolute atomic E-state index is 0.239. The molecule has 1 aliphatic rings. The molecular formula is C12H13NO. The van der Waals surface area contributed by atoms with Crippen molar-refractivity contribution in [2.75, 3.05) is 5.73 Å². The van der Waals surface area contributed by atoms with Gasteiger partial charge >= 0.3 is 0 Å². The number of nitrogens with two attached hydrogens (primary N) is 1. The van der Waals surface area contributed by atoms with Crippen molar-refractivity contribution in [3.63, 3.8) is 0 Å². The van der Waals surface area contributed by atoms with Crippen LogP contribution in [-0.2, 0) is 4.79 Å². The third-order valence-electron chi connectivity index (χ3n) is 2.49. The minimum atomic E-state index is 0.239. The molecule has 0 unspecified atom stereocenters. The van der Waals surface area contributed by atoms with E-state index in [1.807, 2.05) is 24.3 Å². The Labute approximate surface area is 83.4 Å². The van der Waals surface area contributed by atoms with Crippen LogP contribution in [0.3, 0.4) is 0 Å². The summed E-state index contributed by atoms with van der Waals surface area (Å²) in [6.07, 6.45) is 4.41. The number of nitrogen functional groups attached to an aromatic ring is 1. The molecule has 0 aromatic heterocycles. The molecule has 0 atom stereocenters. The molecule has 72 valence electrons. The van der Waals surface area contributed by atoms with E-state index in [-0.39, 0.29) is 5.78 Å². The van der Waals surface area contributed by atoms with Gasteiger partial charge in [0.25, 0.3) is 0 Å². The van der Waals surface area contributed by atoms with Gasteiger partial charge in [-0.1, -0.05) is 12.1 Å². The maximum Gasteiger partial charge on any atom is 0.155 e. The normalized spacial score (nSPS) is 16.6. The quantitative estimate of drug-likeness (QED) is 0.686. The molecule has 0 bridgehead atoms. The molecule has 1 aromatic carbocycles. The van der Waals surface area contributed by atoms with E-state index in [4.69, 9.17) is 5.73 Å². The highest BCUT2D eigenvalue weighted by molar-refractivity contribution is 5.98. The zero-order valence-electron chi connectivity index (χ0n) is 7.99. The molecular weight excluding hydrogens is 174 g/mol. The second kappa shape index (κ2) is 3.66. The van der Waals surface area contributed by atoms with E-state index in [1.54, 1.807) is 6.08 Å². The average Bonchev–Trinajstić information content (AvgIpc) is 2.19. The van der Waals surface area contributed by atoms with Crippen LogP contribution >= 0.6 is 0 Å². The van der Waals surface area contributed by atoms with E-state index in [2.05, 4.69) is 0 Å². The Morgan fingerprint density at radius 1 is 1.07 bits per heavy atom. The molecule has 0 saturated carbocycles. The van der Waals surface area contributed by atoms with Crippen LogP contribution in [0.4, 0.5) is 5.69 Å². The topological polar surface area (TPSA) is 43.1 Å². The Hall–Kier alpha value is -1.57. The highest BCUT2D eigenvalue weighted by Gasteiger charge is 2.10. The van der Waals surface area contributed by atoms with Crippen molar-refractivity contribution in [1.29, 1.82) is 0 Å². The predicted octanol–water partition coefficient (Wildman–Crippen LogP) is 2.41. The van der Waals surface area contributed by atoms with Crippen LogP contribution in [0.15, 0.2) is 30.3 Å². The Morgan fingerprint density at radius 3 is 2.43 bits per heavy atom. The molecule has 1 aromatic rings. The molecule has 14 heavy (non-hydrogen) atoms. The molecule has 0 amide bonds. The molecule has 0 fully saturated rings. The van der Waals surface area contributed by atoms with Crippen LogP contribution in [0.25, 0.3) is 5.57 Å². The number of benzene rings is 1. The van der Waals surface area contributed by atoms with Crippen molar-refractivity contribution < 1.29 is 4.79 Å². The van der Waals surface area contributed by atoms with E-state index in [0.29, 0.717) is 6.42 Å². The van der Waals surface area contributed by atoms with Crippen LogP contribution in [0, 0.1) is 0 Å². The van der Waals surface area contributed by atoms with Crippen molar-refractivity contribution in [2.24, 2.45) is 0 Å². The minimum Gasteiger partial charge on any atom is -0.399 e. The fourth-order valence-electron chi connectivity index (χ4n) is 1.72. The highest BCUT2D eigenvalue weighted by Crippen LogP contribution is 2.25. The first-order valence-electron chi connectivity index (χ1n) is 4.85. The Kier molecular flexibility index (Phi) is 2.35. The van der Waals surface area contributed by atoms with E-state index >= 15 is 0 Å². The number of carbonyl (C=O) groups excluding carboxylic acids is 1.